The van der Waals surface area contributed by atoms with Crippen LogP contribution in [-0.4, -0.2) is 62.7 Å². The van der Waals surface area contributed by atoms with Crippen molar-refractivity contribution in [2.75, 3.05) is 46.9 Å². The Morgan fingerprint density at radius 3 is 2.29 bits per heavy atom. The highest BCUT2D eigenvalue weighted by Gasteiger charge is 2.11. The van der Waals surface area contributed by atoms with E-state index in [1.807, 2.05) is 30.7 Å². The Hall–Kier alpha value is -0.610. The molecule has 0 saturated carbocycles. The van der Waals surface area contributed by atoms with Crippen molar-refractivity contribution in [1.29, 1.82) is 0 Å². The predicted octanol–water partition coefficient (Wildman–Crippen LogP) is 0.433. The van der Waals surface area contributed by atoms with Gasteiger partial charge >= 0.3 is 0 Å². The number of nitrogens with zero attached hydrogens (tertiary/aromatic N) is 2. The van der Waals surface area contributed by atoms with Gasteiger partial charge in [0.2, 0.25) is 5.91 Å². The summed E-state index contributed by atoms with van der Waals surface area (Å²) in [4.78, 5) is 15.4. The van der Waals surface area contributed by atoms with E-state index in [0.29, 0.717) is 13.2 Å². The first-order chi connectivity index (χ1) is 6.65. The van der Waals surface area contributed by atoms with Gasteiger partial charge in [0, 0.05) is 26.7 Å². The normalized spacial score (nSPS) is 10.6. The number of rotatable bonds is 7. The second kappa shape index (κ2) is 7.76. The molecule has 1 amide bonds. The molecule has 0 unspecified atom stereocenters. The first-order valence-electron chi connectivity index (χ1n) is 5.10. The average molecular weight is 202 g/mol. The summed E-state index contributed by atoms with van der Waals surface area (Å²) in [6.07, 6.45) is 0. The lowest BCUT2D eigenvalue weighted by atomic mass is 10.4. The van der Waals surface area contributed by atoms with E-state index < -0.39 is 0 Å². The van der Waals surface area contributed by atoms with E-state index in [1.54, 1.807) is 7.11 Å². The highest BCUT2D eigenvalue weighted by molar-refractivity contribution is 5.78. The Morgan fingerprint density at radius 2 is 1.86 bits per heavy atom. The lowest BCUT2D eigenvalue weighted by Gasteiger charge is -2.22. The molecule has 0 fully saturated rings. The van der Waals surface area contributed by atoms with Gasteiger partial charge in [0.15, 0.2) is 0 Å². The summed E-state index contributed by atoms with van der Waals surface area (Å²) in [5.74, 6) is 0.189. The third-order valence-corrected chi connectivity index (χ3v) is 2.20. The fraction of sp³-hybridized carbons (Fsp3) is 0.900. The summed E-state index contributed by atoms with van der Waals surface area (Å²) < 4.78 is 4.94. The topological polar surface area (TPSA) is 32.8 Å². The summed E-state index contributed by atoms with van der Waals surface area (Å²) in [5, 5.41) is 0. The van der Waals surface area contributed by atoms with E-state index in [2.05, 4.69) is 0 Å². The van der Waals surface area contributed by atoms with E-state index in [0.717, 1.165) is 19.6 Å². The fourth-order valence-corrected chi connectivity index (χ4v) is 1.23. The molecule has 0 heterocycles. The summed E-state index contributed by atoms with van der Waals surface area (Å²) in [7, 11) is 3.60. The standard InChI is InChI=1S/C10H22N2O2/c1-5-12(6-2)10(13)9-11(3)7-8-14-4/h5-9H2,1-4H3. The second-order valence-corrected chi connectivity index (χ2v) is 3.30. The highest BCUT2D eigenvalue weighted by Crippen LogP contribution is 1.91. The monoisotopic (exact) mass is 202 g/mol. The maximum atomic E-state index is 11.6. The molecule has 0 bridgehead atoms. The molecule has 0 aliphatic heterocycles. The van der Waals surface area contributed by atoms with Crippen molar-refractivity contribution in [1.82, 2.24) is 9.80 Å². The maximum Gasteiger partial charge on any atom is 0.236 e. The minimum Gasteiger partial charge on any atom is -0.383 e. The van der Waals surface area contributed by atoms with Crippen LogP contribution in [0, 0.1) is 0 Å². The van der Waals surface area contributed by atoms with Crippen LogP contribution in [-0.2, 0) is 9.53 Å². The molecule has 0 saturated heterocycles. The van der Waals surface area contributed by atoms with Crippen molar-refractivity contribution >= 4 is 5.91 Å². The summed E-state index contributed by atoms with van der Waals surface area (Å²) >= 11 is 0. The molecule has 0 N–H and O–H groups in total. The van der Waals surface area contributed by atoms with Crippen LogP contribution < -0.4 is 0 Å². The van der Waals surface area contributed by atoms with E-state index in [9.17, 15) is 4.79 Å². The van der Waals surface area contributed by atoms with Crippen molar-refractivity contribution in [3.63, 3.8) is 0 Å². The van der Waals surface area contributed by atoms with E-state index >= 15 is 0 Å². The molecular formula is C10H22N2O2. The molecule has 84 valence electrons. The van der Waals surface area contributed by atoms with Gasteiger partial charge in [-0.2, -0.15) is 0 Å². The number of hydrogen-bond donors (Lipinski definition) is 0. The molecule has 0 aliphatic carbocycles. The van der Waals surface area contributed by atoms with Crippen molar-refractivity contribution < 1.29 is 9.53 Å². The van der Waals surface area contributed by atoms with Gasteiger partial charge in [-0.25, -0.2) is 0 Å². The summed E-state index contributed by atoms with van der Waals surface area (Å²) in [6.45, 7) is 7.50. The van der Waals surface area contributed by atoms with Gasteiger partial charge in [-0.05, 0) is 20.9 Å². The molecule has 0 aromatic heterocycles. The lowest BCUT2D eigenvalue weighted by Crippen LogP contribution is -2.39. The Morgan fingerprint density at radius 1 is 1.29 bits per heavy atom. The van der Waals surface area contributed by atoms with Crippen molar-refractivity contribution in [3.8, 4) is 0 Å². The molecule has 4 nitrogen and oxygen atoms in total. The van der Waals surface area contributed by atoms with Crippen LogP contribution in [0.2, 0.25) is 0 Å². The SMILES string of the molecule is CCN(CC)C(=O)CN(C)CCOC. The maximum absolute atomic E-state index is 11.6. The first-order valence-corrected chi connectivity index (χ1v) is 5.10. The first kappa shape index (κ1) is 13.4. The van der Waals surface area contributed by atoms with Crippen molar-refractivity contribution in [2.45, 2.75) is 13.8 Å². The molecule has 0 atom stereocenters. The zero-order valence-electron chi connectivity index (χ0n) is 9.75. The molecule has 14 heavy (non-hydrogen) atoms. The second-order valence-electron chi connectivity index (χ2n) is 3.30. The average Bonchev–Trinajstić information content (AvgIpc) is 2.16. The molecule has 0 aliphatic rings. The van der Waals surface area contributed by atoms with E-state index in [4.69, 9.17) is 4.74 Å². The van der Waals surface area contributed by atoms with Gasteiger partial charge < -0.3 is 9.64 Å². The Kier molecular flexibility index (Phi) is 7.42. The van der Waals surface area contributed by atoms with Gasteiger partial charge in [0.1, 0.15) is 0 Å². The minimum absolute atomic E-state index is 0.189. The zero-order chi connectivity index (χ0) is 11.0. The van der Waals surface area contributed by atoms with Gasteiger partial charge in [0.25, 0.3) is 0 Å². The van der Waals surface area contributed by atoms with Crippen LogP contribution in [0.3, 0.4) is 0 Å². The van der Waals surface area contributed by atoms with Crippen LogP contribution in [0.1, 0.15) is 13.8 Å². The van der Waals surface area contributed by atoms with E-state index in [-0.39, 0.29) is 5.91 Å². The minimum atomic E-state index is 0.189. The van der Waals surface area contributed by atoms with E-state index in [1.165, 1.54) is 0 Å². The summed E-state index contributed by atoms with van der Waals surface area (Å²) in [5.41, 5.74) is 0. The Bertz CT molecular complexity index is 158. The fourth-order valence-electron chi connectivity index (χ4n) is 1.23. The third-order valence-electron chi connectivity index (χ3n) is 2.20. The van der Waals surface area contributed by atoms with Crippen molar-refractivity contribution in [2.24, 2.45) is 0 Å². The van der Waals surface area contributed by atoms with Crippen LogP contribution in [0.15, 0.2) is 0 Å². The molecule has 4 heteroatoms. The van der Waals surface area contributed by atoms with Crippen LogP contribution >= 0.6 is 0 Å². The van der Waals surface area contributed by atoms with Gasteiger partial charge in [-0.3, -0.25) is 9.69 Å². The van der Waals surface area contributed by atoms with Gasteiger partial charge in [0.05, 0.1) is 13.2 Å². The number of amides is 1. The molecule has 0 aromatic rings. The Balaban J connectivity index is 3.79. The molecule has 0 radical (unpaired) electrons. The number of carbonyl (C=O) groups excluding carboxylic acids is 1. The molecule has 0 spiro atoms. The number of carbonyl (C=O) groups is 1. The van der Waals surface area contributed by atoms with Gasteiger partial charge in [-0.1, -0.05) is 0 Å². The molecular weight excluding hydrogens is 180 g/mol. The van der Waals surface area contributed by atoms with Crippen LogP contribution in [0.4, 0.5) is 0 Å². The van der Waals surface area contributed by atoms with Gasteiger partial charge in [-0.15, -0.1) is 0 Å². The third kappa shape index (κ3) is 5.19. The molecule has 0 rings (SSSR count). The summed E-state index contributed by atoms with van der Waals surface area (Å²) in [6, 6.07) is 0. The van der Waals surface area contributed by atoms with Crippen LogP contribution in [0.5, 0.6) is 0 Å². The molecule has 0 aromatic carbocycles. The largest absolute Gasteiger partial charge is 0.383 e. The zero-order valence-corrected chi connectivity index (χ0v) is 9.75. The smallest absolute Gasteiger partial charge is 0.236 e. The van der Waals surface area contributed by atoms with Crippen LogP contribution in [0.25, 0.3) is 0 Å². The predicted molar refractivity (Wildman–Crippen MR) is 57.3 cm³/mol. The number of ether oxygens (including phenoxy) is 1. The number of likely N-dealkylation sites (N-methyl/N-ethyl adjacent to an activating group) is 2. The highest BCUT2D eigenvalue weighted by atomic mass is 16.5. The number of hydrogen-bond acceptors (Lipinski definition) is 3. The van der Waals surface area contributed by atoms with Crippen molar-refractivity contribution in [3.05, 3.63) is 0 Å². The Labute approximate surface area is 86.8 Å². The lowest BCUT2D eigenvalue weighted by molar-refractivity contribution is -0.131. The quantitative estimate of drug-likeness (QED) is 0.600. The number of methoxy groups -OCH3 is 1.